The van der Waals surface area contributed by atoms with Crippen LogP contribution in [0.5, 0.6) is 0 Å². The summed E-state index contributed by atoms with van der Waals surface area (Å²) >= 11 is 6.08. The number of halogens is 1. The first kappa shape index (κ1) is 16.4. The predicted octanol–water partition coefficient (Wildman–Crippen LogP) is 3.01. The number of rotatable bonds is 6. The first-order chi connectivity index (χ1) is 10.2. The highest BCUT2D eigenvalue weighted by molar-refractivity contribution is 6.31. The summed E-state index contributed by atoms with van der Waals surface area (Å²) in [6, 6.07) is 1.79. The van der Waals surface area contributed by atoms with E-state index >= 15 is 0 Å². The molecule has 0 saturated carbocycles. The van der Waals surface area contributed by atoms with Crippen LogP contribution in [0.1, 0.15) is 43.6 Å². The first-order valence-corrected chi connectivity index (χ1v) is 8.39. The molecule has 1 unspecified atom stereocenters. The van der Waals surface area contributed by atoms with Crippen LogP contribution < -0.4 is 5.32 Å². The van der Waals surface area contributed by atoms with Crippen molar-refractivity contribution in [2.75, 3.05) is 26.2 Å². The molecule has 0 spiro atoms. The van der Waals surface area contributed by atoms with Gasteiger partial charge in [0.25, 0.3) is 5.91 Å². The lowest BCUT2D eigenvalue weighted by Gasteiger charge is -2.29. The minimum absolute atomic E-state index is 0.100. The summed E-state index contributed by atoms with van der Waals surface area (Å²) in [5, 5.41) is 4.06. The number of piperidine rings is 1. The third-order valence-corrected chi connectivity index (χ3v) is 4.30. The SMILES string of the molecule is CCCn1cc(Cl)cc1C(=O)N(CC)CC1CCCNC1. The molecule has 1 aromatic heterocycles. The minimum atomic E-state index is 0.100. The van der Waals surface area contributed by atoms with Gasteiger partial charge >= 0.3 is 0 Å². The van der Waals surface area contributed by atoms with Crippen molar-refractivity contribution in [2.45, 2.75) is 39.7 Å². The molecule has 21 heavy (non-hydrogen) atoms. The van der Waals surface area contributed by atoms with Gasteiger partial charge in [-0.2, -0.15) is 0 Å². The Balaban J connectivity index is 2.08. The Morgan fingerprint density at radius 1 is 1.52 bits per heavy atom. The molecule has 1 atom stereocenters. The van der Waals surface area contributed by atoms with E-state index in [2.05, 4.69) is 12.2 Å². The fourth-order valence-electron chi connectivity index (χ4n) is 2.99. The number of nitrogens with zero attached hydrogens (tertiary/aromatic N) is 2. The molecule has 118 valence electrons. The lowest BCUT2D eigenvalue weighted by molar-refractivity contribution is 0.0718. The predicted molar refractivity (Wildman–Crippen MR) is 86.9 cm³/mol. The van der Waals surface area contributed by atoms with Crippen LogP contribution in [0, 0.1) is 5.92 Å². The van der Waals surface area contributed by atoms with Crippen molar-refractivity contribution in [3.63, 3.8) is 0 Å². The van der Waals surface area contributed by atoms with Crippen LogP contribution in [0.4, 0.5) is 0 Å². The molecule has 1 amide bonds. The quantitative estimate of drug-likeness (QED) is 0.877. The van der Waals surface area contributed by atoms with E-state index in [0.29, 0.717) is 16.6 Å². The van der Waals surface area contributed by atoms with Crippen LogP contribution in [-0.4, -0.2) is 41.6 Å². The summed E-state index contributed by atoms with van der Waals surface area (Å²) in [5.41, 5.74) is 0.715. The number of aryl methyl sites for hydroxylation is 1. The Morgan fingerprint density at radius 2 is 2.33 bits per heavy atom. The van der Waals surface area contributed by atoms with Gasteiger partial charge in [0.2, 0.25) is 0 Å². The van der Waals surface area contributed by atoms with Crippen LogP contribution in [-0.2, 0) is 6.54 Å². The number of aromatic nitrogens is 1. The number of nitrogens with one attached hydrogen (secondary N) is 1. The molecule has 0 aromatic carbocycles. The van der Waals surface area contributed by atoms with E-state index in [0.717, 1.165) is 39.1 Å². The van der Waals surface area contributed by atoms with Crippen LogP contribution in [0.2, 0.25) is 5.02 Å². The standard InChI is InChI=1S/C16H26ClN3O/c1-3-8-20-12-14(17)9-15(20)16(21)19(4-2)11-13-6-5-7-18-10-13/h9,12-13,18H,3-8,10-11H2,1-2H3. The second-order valence-corrected chi connectivity index (χ2v) is 6.23. The van der Waals surface area contributed by atoms with Gasteiger partial charge in [-0.1, -0.05) is 18.5 Å². The van der Waals surface area contributed by atoms with Crippen LogP contribution in [0.25, 0.3) is 0 Å². The van der Waals surface area contributed by atoms with Gasteiger partial charge in [-0.25, -0.2) is 0 Å². The molecular weight excluding hydrogens is 286 g/mol. The normalized spacial score (nSPS) is 18.7. The van der Waals surface area contributed by atoms with Crippen LogP contribution in [0.15, 0.2) is 12.3 Å². The zero-order valence-electron chi connectivity index (χ0n) is 13.1. The minimum Gasteiger partial charge on any atom is -0.342 e. The Hall–Kier alpha value is -1.00. The number of carbonyl (C=O) groups is 1. The average Bonchev–Trinajstić information content (AvgIpc) is 2.86. The summed E-state index contributed by atoms with van der Waals surface area (Å²) in [7, 11) is 0. The van der Waals surface area contributed by atoms with Crippen molar-refractivity contribution in [1.82, 2.24) is 14.8 Å². The Kier molecular flexibility index (Phi) is 6.12. The second kappa shape index (κ2) is 7.85. The summed E-state index contributed by atoms with van der Waals surface area (Å²) in [6.45, 7) is 8.67. The second-order valence-electron chi connectivity index (χ2n) is 5.79. The summed E-state index contributed by atoms with van der Waals surface area (Å²) in [5.74, 6) is 0.663. The molecule has 1 fully saturated rings. The zero-order valence-corrected chi connectivity index (χ0v) is 13.8. The topological polar surface area (TPSA) is 37.3 Å². The molecular formula is C16H26ClN3O. The molecule has 1 aromatic rings. The molecule has 1 aliphatic rings. The maximum atomic E-state index is 12.8. The van der Waals surface area contributed by atoms with E-state index in [1.807, 2.05) is 22.6 Å². The van der Waals surface area contributed by atoms with E-state index in [9.17, 15) is 4.79 Å². The van der Waals surface area contributed by atoms with Gasteiger partial charge < -0.3 is 14.8 Å². The Labute approximate surface area is 132 Å². The summed E-state index contributed by atoms with van der Waals surface area (Å²) < 4.78 is 1.98. The van der Waals surface area contributed by atoms with Gasteiger partial charge in [-0.05, 0) is 51.3 Å². The highest BCUT2D eigenvalue weighted by atomic mass is 35.5. The van der Waals surface area contributed by atoms with Gasteiger partial charge in [0.1, 0.15) is 5.69 Å². The number of hydrogen-bond donors (Lipinski definition) is 1. The van der Waals surface area contributed by atoms with Crippen molar-refractivity contribution < 1.29 is 4.79 Å². The maximum Gasteiger partial charge on any atom is 0.270 e. The van der Waals surface area contributed by atoms with Crippen molar-refractivity contribution in [1.29, 1.82) is 0 Å². The fraction of sp³-hybridized carbons (Fsp3) is 0.688. The Bertz CT molecular complexity index is 466. The monoisotopic (exact) mass is 311 g/mol. The van der Waals surface area contributed by atoms with Gasteiger partial charge in [-0.15, -0.1) is 0 Å². The van der Waals surface area contributed by atoms with Crippen LogP contribution in [0.3, 0.4) is 0 Å². The molecule has 1 saturated heterocycles. The largest absolute Gasteiger partial charge is 0.342 e. The molecule has 1 aliphatic heterocycles. The molecule has 0 bridgehead atoms. The third kappa shape index (κ3) is 4.24. The molecule has 0 radical (unpaired) electrons. The average molecular weight is 312 g/mol. The van der Waals surface area contributed by atoms with Crippen molar-refractivity contribution in [3.05, 3.63) is 23.0 Å². The lowest BCUT2D eigenvalue weighted by atomic mass is 9.99. The highest BCUT2D eigenvalue weighted by Gasteiger charge is 2.23. The first-order valence-electron chi connectivity index (χ1n) is 8.01. The third-order valence-electron chi connectivity index (χ3n) is 4.09. The van der Waals surface area contributed by atoms with E-state index in [-0.39, 0.29) is 5.91 Å². The van der Waals surface area contributed by atoms with Gasteiger partial charge in [0, 0.05) is 25.8 Å². The zero-order chi connectivity index (χ0) is 15.2. The molecule has 0 aliphatic carbocycles. The lowest BCUT2D eigenvalue weighted by Crippen LogP contribution is -2.41. The maximum absolute atomic E-state index is 12.8. The molecule has 2 rings (SSSR count). The van der Waals surface area contributed by atoms with E-state index in [1.54, 1.807) is 6.07 Å². The van der Waals surface area contributed by atoms with Crippen molar-refractivity contribution in [3.8, 4) is 0 Å². The van der Waals surface area contributed by atoms with E-state index in [4.69, 9.17) is 11.6 Å². The molecule has 2 heterocycles. The molecule has 5 heteroatoms. The van der Waals surface area contributed by atoms with E-state index in [1.165, 1.54) is 12.8 Å². The van der Waals surface area contributed by atoms with Gasteiger partial charge in [0.05, 0.1) is 5.02 Å². The summed E-state index contributed by atoms with van der Waals surface area (Å²) in [6.07, 6.45) is 5.25. The van der Waals surface area contributed by atoms with Crippen molar-refractivity contribution in [2.24, 2.45) is 5.92 Å². The summed E-state index contributed by atoms with van der Waals surface area (Å²) in [4.78, 5) is 14.7. The fourth-order valence-corrected chi connectivity index (χ4v) is 3.21. The van der Waals surface area contributed by atoms with Gasteiger partial charge in [-0.3, -0.25) is 4.79 Å². The van der Waals surface area contributed by atoms with Crippen molar-refractivity contribution >= 4 is 17.5 Å². The highest BCUT2D eigenvalue weighted by Crippen LogP contribution is 2.18. The molecule has 1 N–H and O–H groups in total. The molecule has 4 nitrogen and oxygen atoms in total. The van der Waals surface area contributed by atoms with Crippen LogP contribution >= 0.6 is 11.6 Å². The Morgan fingerprint density at radius 3 is 2.95 bits per heavy atom. The number of carbonyl (C=O) groups excluding carboxylic acids is 1. The van der Waals surface area contributed by atoms with E-state index < -0.39 is 0 Å². The number of hydrogen-bond acceptors (Lipinski definition) is 2. The van der Waals surface area contributed by atoms with Gasteiger partial charge in [0.15, 0.2) is 0 Å². The smallest absolute Gasteiger partial charge is 0.270 e. The number of amides is 1.